The molecule has 0 aliphatic rings. The molecule has 128 valence electrons. The predicted molar refractivity (Wildman–Crippen MR) is 109 cm³/mol. The first-order valence-electron chi connectivity index (χ1n) is 8.53. The van der Waals surface area contributed by atoms with Crippen LogP contribution in [-0.4, -0.2) is 0 Å². The summed E-state index contributed by atoms with van der Waals surface area (Å²) in [6.45, 7) is 13.3. The van der Waals surface area contributed by atoms with Gasteiger partial charge in [0.2, 0.25) is 0 Å². The van der Waals surface area contributed by atoms with Crippen LogP contribution in [0, 0.1) is 27.7 Å². The van der Waals surface area contributed by atoms with Crippen LogP contribution in [0.5, 0.6) is 0 Å². The van der Waals surface area contributed by atoms with Crippen molar-refractivity contribution in [3.8, 4) is 11.3 Å². The summed E-state index contributed by atoms with van der Waals surface area (Å²) in [4.78, 5) is 0. The number of benzene rings is 2. The van der Waals surface area contributed by atoms with E-state index in [1.165, 1.54) is 39.2 Å². The van der Waals surface area contributed by atoms with Gasteiger partial charge in [0.25, 0.3) is 0 Å². The number of thiazole rings is 1. The number of rotatable bonds is 5. The maximum Gasteiger partial charge on any atom is 0.339 e. The zero-order valence-electron chi connectivity index (χ0n) is 15.4. The number of hydrogen-bond acceptors (Lipinski definition) is 2. The van der Waals surface area contributed by atoms with Crippen molar-refractivity contribution >= 4 is 22.2 Å². The molecule has 3 heteroatoms. The molecule has 0 aliphatic carbocycles. The zero-order chi connectivity index (χ0) is 18.0. The first-order chi connectivity index (χ1) is 12.0. The van der Waals surface area contributed by atoms with Gasteiger partial charge in [0.05, 0.1) is 0 Å². The second kappa shape index (κ2) is 7.24. The molecule has 1 aromatic heterocycles. The molecule has 0 aliphatic heterocycles. The molecule has 0 fully saturated rings. The molecule has 0 amide bonds. The van der Waals surface area contributed by atoms with E-state index in [4.69, 9.17) is 0 Å². The lowest BCUT2D eigenvalue weighted by atomic mass is 10.1. The number of allylic oxidation sites excluding steroid dienone is 1. The monoisotopic (exact) mass is 349 g/mol. The average molecular weight is 350 g/mol. The lowest BCUT2D eigenvalue weighted by molar-refractivity contribution is -0.657. The van der Waals surface area contributed by atoms with Gasteiger partial charge in [-0.1, -0.05) is 71.5 Å². The molecule has 1 heterocycles. The molecule has 25 heavy (non-hydrogen) atoms. The molecule has 1 N–H and O–H groups in total. The van der Waals surface area contributed by atoms with Gasteiger partial charge in [0.1, 0.15) is 17.9 Å². The van der Waals surface area contributed by atoms with Crippen LogP contribution >= 0.6 is 11.3 Å². The molecule has 0 saturated heterocycles. The van der Waals surface area contributed by atoms with Gasteiger partial charge in [-0.15, -0.1) is 0 Å². The van der Waals surface area contributed by atoms with Crippen molar-refractivity contribution in [2.45, 2.75) is 34.2 Å². The van der Waals surface area contributed by atoms with E-state index in [9.17, 15) is 0 Å². The lowest BCUT2D eigenvalue weighted by Crippen LogP contribution is -2.35. The van der Waals surface area contributed by atoms with Gasteiger partial charge in [-0.2, -0.15) is 0 Å². The second-order valence-electron chi connectivity index (χ2n) is 6.59. The number of nitrogens with zero attached hydrogens (tertiary/aromatic N) is 1. The van der Waals surface area contributed by atoms with Crippen LogP contribution in [0.2, 0.25) is 0 Å². The number of aromatic nitrogens is 1. The third-order valence-corrected chi connectivity index (χ3v) is 5.27. The van der Waals surface area contributed by atoms with Crippen LogP contribution in [0.3, 0.4) is 0 Å². The Bertz CT molecular complexity index is 881. The summed E-state index contributed by atoms with van der Waals surface area (Å²) in [5.41, 5.74) is 8.76. The van der Waals surface area contributed by atoms with Crippen molar-refractivity contribution in [1.82, 2.24) is 0 Å². The summed E-state index contributed by atoms with van der Waals surface area (Å²) < 4.78 is 2.29. The minimum atomic E-state index is 0.777. The Labute approximate surface area is 154 Å². The Kier molecular flexibility index (Phi) is 5.05. The molecule has 2 nitrogen and oxygen atoms in total. The maximum atomic E-state index is 3.94. The van der Waals surface area contributed by atoms with Crippen molar-refractivity contribution in [3.05, 3.63) is 76.7 Å². The Morgan fingerprint density at radius 2 is 1.64 bits per heavy atom. The molecule has 3 aromatic rings. The number of nitrogens with one attached hydrogen (secondary N) is 1. The Hall–Kier alpha value is -2.39. The quantitative estimate of drug-likeness (QED) is 0.450. The average Bonchev–Trinajstić information content (AvgIpc) is 2.95. The Morgan fingerprint density at radius 3 is 2.24 bits per heavy atom. The van der Waals surface area contributed by atoms with Crippen molar-refractivity contribution in [2.75, 3.05) is 5.32 Å². The fraction of sp³-hybridized carbons (Fsp3) is 0.227. The van der Waals surface area contributed by atoms with Gasteiger partial charge in [-0.25, -0.2) is 9.88 Å². The Balaban J connectivity index is 2.03. The van der Waals surface area contributed by atoms with E-state index in [1.54, 1.807) is 11.3 Å². The molecule has 0 spiro atoms. The summed E-state index contributed by atoms with van der Waals surface area (Å²) in [5, 5.41) is 7.00. The minimum absolute atomic E-state index is 0.777. The first kappa shape index (κ1) is 17.4. The molecule has 0 unspecified atom stereocenters. The normalized spacial score (nSPS) is 10.7. The van der Waals surface area contributed by atoms with Crippen molar-refractivity contribution in [1.29, 1.82) is 0 Å². The van der Waals surface area contributed by atoms with Crippen molar-refractivity contribution in [3.63, 3.8) is 0 Å². The fourth-order valence-electron chi connectivity index (χ4n) is 3.19. The van der Waals surface area contributed by atoms with Crippen LogP contribution in [0.4, 0.5) is 10.8 Å². The van der Waals surface area contributed by atoms with E-state index in [0.717, 1.165) is 11.7 Å². The van der Waals surface area contributed by atoms with Crippen LogP contribution in [0.25, 0.3) is 11.3 Å². The van der Waals surface area contributed by atoms with Crippen LogP contribution in [-0.2, 0) is 6.54 Å². The fourth-order valence-corrected chi connectivity index (χ4v) is 4.14. The third kappa shape index (κ3) is 3.67. The van der Waals surface area contributed by atoms with Gasteiger partial charge < -0.3 is 0 Å². The van der Waals surface area contributed by atoms with Crippen LogP contribution in [0.1, 0.15) is 22.3 Å². The molecular formula is C22H25N2S+. The molecule has 0 radical (unpaired) electrons. The lowest BCUT2D eigenvalue weighted by Gasteiger charge is -2.09. The standard InChI is InChI=1S/C22H24N2S/c1-6-11-24-20(19-9-7-15(2)8-10-19)14-25-22(24)23-21-17(4)12-16(3)13-18(21)5/h6-10,12-14H,1,11H2,2-5H3/p+1. The van der Waals surface area contributed by atoms with Gasteiger partial charge in [-0.05, 0) is 38.8 Å². The van der Waals surface area contributed by atoms with E-state index < -0.39 is 0 Å². The smallest absolute Gasteiger partial charge is 0.231 e. The number of hydrogen-bond donors (Lipinski definition) is 1. The van der Waals surface area contributed by atoms with E-state index in [0.29, 0.717) is 0 Å². The summed E-state index contributed by atoms with van der Waals surface area (Å²) >= 11 is 1.74. The topological polar surface area (TPSA) is 15.9 Å². The highest BCUT2D eigenvalue weighted by atomic mass is 32.1. The molecule has 0 saturated carbocycles. The Morgan fingerprint density at radius 1 is 1.00 bits per heavy atom. The van der Waals surface area contributed by atoms with Gasteiger partial charge >= 0.3 is 5.13 Å². The largest absolute Gasteiger partial charge is 0.339 e. The van der Waals surface area contributed by atoms with Crippen molar-refractivity contribution < 1.29 is 4.57 Å². The summed E-state index contributed by atoms with van der Waals surface area (Å²) in [6.07, 6.45) is 1.95. The predicted octanol–water partition coefficient (Wildman–Crippen LogP) is 5.87. The van der Waals surface area contributed by atoms with E-state index in [1.807, 2.05) is 6.08 Å². The van der Waals surface area contributed by atoms with Crippen molar-refractivity contribution in [2.24, 2.45) is 0 Å². The summed E-state index contributed by atoms with van der Waals surface area (Å²) in [5.74, 6) is 0. The molecule has 0 atom stereocenters. The molecule has 0 bridgehead atoms. The zero-order valence-corrected chi connectivity index (χ0v) is 16.2. The molecular weight excluding hydrogens is 324 g/mol. The minimum Gasteiger partial charge on any atom is -0.231 e. The first-order valence-corrected chi connectivity index (χ1v) is 9.41. The molecule has 3 rings (SSSR count). The summed E-state index contributed by atoms with van der Waals surface area (Å²) in [7, 11) is 0. The summed E-state index contributed by atoms with van der Waals surface area (Å²) in [6, 6.07) is 13.1. The highest BCUT2D eigenvalue weighted by molar-refractivity contribution is 7.13. The SMILES string of the molecule is C=CC[n+]1c(-c2ccc(C)cc2)csc1Nc1c(C)cc(C)cc1C. The third-order valence-electron chi connectivity index (χ3n) is 4.39. The van der Waals surface area contributed by atoms with Gasteiger partial charge in [0, 0.05) is 10.9 Å². The van der Waals surface area contributed by atoms with Gasteiger partial charge in [0.15, 0.2) is 0 Å². The van der Waals surface area contributed by atoms with E-state index >= 15 is 0 Å². The maximum absolute atomic E-state index is 3.94. The van der Waals surface area contributed by atoms with Crippen LogP contribution in [0.15, 0.2) is 54.4 Å². The van der Waals surface area contributed by atoms with Gasteiger partial charge in [-0.3, -0.25) is 0 Å². The molecule has 2 aromatic carbocycles. The number of aryl methyl sites for hydroxylation is 4. The van der Waals surface area contributed by atoms with Crippen LogP contribution < -0.4 is 9.88 Å². The van der Waals surface area contributed by atoms with E-state index in [-0.39, 0.29) is 0 Å². The number of anilines is 2. The highest BCUT2D eigenvalue weighted by Crippen LogP contribution is 2.29. The second-order valence-corrected chi connectivity index (χ2v) is 7.45. The highest BCUT2D eigenvalue weighted by Gasteiger charge is 2.20. The van der Waals surface area contributed by atoms with E-state index in [2.05, 4.69) is 85.9 Å².